The third kappa shape index (κ3) is 3.03. The molecule has 0 aliphatic carbocycles. The van der Waals surface area contributed by atoms with Crippen LogP contribution in [0.3, 0.4) is 0 Å². The van der Waals surface area contributed by atoms with Crippen LogP contribution >= 0.6 is 23.5 Å². The van der Waals surface area contributed by atoms with Crippen LogP contribution in [0.5, 0.6) is 0 Å². The second kappa shape index (κ2) is 6.22. The SMILES string of the molecule is C#Cc1ccc(C2SCC(C(C)(C)C)CS2)c2ccccc12. The van der Waals surface area contributed by atoms with Crippen molar-refractivity contribution in [2.75, 3.05) is 11.5 Å². The molecule has 1 saturated heterocycles. The van der Waals surface area contributed by atoms with Gasteiger partial charge in [0.25, 0.3) is 0 Å². The standard InChI is InChI=1S/C20H22S2/c1-5-14-10-11-18(17-9-7-6-8-16(14)17)19-21-12-15(13-22-19)20(2,3)4/h1,6-11,15,19H,12-13H2,2-4H3. The van der Waals surface area contributed by atoms with E-state index in [1.807, 2.05) is 0 Å². The van der Waals surface area contributed by atoms with Gasteiger partial charge in [-0.25, -0.2) is 0 Å². The van der Waals surface area contributed by atoms with E-state index in [4.69, 9.17) is 6.42 Å². The first-order valence-corrected chi connectivity index (χ1v) is 9.82. The molecule has 0 radical (unpaired) electrons. The molecular formula is C20H22S2. The van der Waals surface area contributed by atoms with Gasteiger partial charge < -0.3 is 0 Å². The van der Waals surface area contributed by atoms with Crippen molar-refractivity contribution in [3.8, 4) is 12.3 Å². The largest absolute Gasteiger partial charge is 0.142 e. The van der Waals surface area contributed by atoms with Gasteiger partial charge >= 0.3 is 0 Å². The lowest BCUT2D eigenvalue weighted by Crippen LogP contribution is -2.28. The van der Waals surface area contributed by atoms with Crippen LogP contribution in [0.4, 0.5) is 0 Å². The second-order valence-corrected chi connectivity index (χ2v) is 9.53. The van der Waals surface area contributed by atoms with E-state index in [2.05, 4.69) is 86.6 Å². The van der Waals surface area contributed by atoms with Gasteiger partial charge in [0.15, 0.2) is 0 Å². The first-order valence-electron chi connectivity index (χ1n) is 7.72. The molecule has 1 heterocycles. The zero-order valence-electron chi connectivity index (χ0n) is 13.4. The zero-order chi connectivity index (χ0) is 15.7. The van der Waals surface area contributed by atoms with Crippen molar-refractivity contribution in [1.29, 1.82) is 0 Å². The number of hydrogen-bond acceptors (Lipinski definition) is 2. The van der Waals surface area contributed by atoms with Crippen molar-refractivity contribution in [3.63, 3.8) is 0 Å². The van der Waals surface area contributed by atoms with Crippen molar-refractivity contribution in [3.05, 3.63) is 47.5 Å². The summed E-state index contributed by atoms with van der Waals surface area (Å²) in [6, 6.07) is 12.9. The quantitative estimate of drug-likeness (QED) is 0.593. The van der Waals surface area contributed by atoms with Crippen LogP contribution in [-0.2, 0) is 0 Å². The van der Waals surface area contributed by atoms with Gasteiger partial charge in [0, 0.05) is 5.56 Å². The highest BCUT2D eigenvalue weighted by Gasteiger charge is 2.31. The van der Waals surface area contributed by atoms with E-state index < -0.39 is 0 Å². The first-order chi connectivity index (χ1) is 10.5. The molecule has 114 valence electrons. The maximum atomic E-state index is 5.65. The Balaban J connectivity index is 1.91. The summed E-state index contributed by atoms with van der Waals surface area (Å²) in [6.45, 7) is 7.07. The Morgan fingerprint density at radius 3 is 2.23 bits per heavy atom. The lowest BCUT2D eigenvalue weighted by Gasteiger charge is -2.36. The zero-order valence-corrected chi connectivity index (χ0v) is 15.1. The Morgan fingerprint density at radius 1 is 1.00 bits per heavy atom. The van der Waals surface area contributed by atoms with Gasteiger partial charge in [-0.3, -0.25) is 0 Å². The summed E-state index contributed by atoms with van der Waals surface area (Å²) in [7, 11) is 0. The molecule has 0 N–H and O–H groups in total. The molecule has 22 heavy (non-hydrogen) atoms. The predicted molar refractivity (Wildman–Crippen MR) is 102 cm³/mol. The van der Waals surface area contributed by atoms with E-state index >= 15 is 0 Å². The molecule has 1 fully saturated rings. The van der Waals surface area contributed by atoms with Crippen LogP contribution in [-0.4, -0.2) is 11.5 Å². The fraction of sp³-hybridized carbons (Fsp3) is 0.400. The predicted octanol–water partition coefficient (Wildman–Crippen LogP) is 5.96. The summed E-state index contributed by atoms with van der Waals surface area (Å²) < 4.78 is 0.523. The lowest BCUT2D eigenvalue weighted by atomic mass is 9.83. The average Bonchev–Trinajstić information content (AvgIpc) is 2.53. The van der Waals surface area contributed by atoms with Crippen LogP contribution in [0.15, 0.2) is 36.4 Å². The molecule has 0 bridgehead atoms. The number of terminal acetylenes is 1. The minimum Gasteiger partial charge on any atom is -0.142 e. The average molecular weight is 327 g/mol. The van der Waals surface area contributed by atoms with E-state index in [1.54, 1.807) is 0 Å². The molecule has 0 unspecified atom stereocenters. The van der Waals surface area contributed by atoms with Crippen LogP contribution in [0, 0.1) is 23.7 Å². The first kappa shape index (κ1) is 15.8. The number of thioether (sulfide) groups is 2. The molecule has 1 aliphatic heterocycles. The molecule has 2 aromatic carbocycles. The fourth-order valence-corrected chi connectivity index (χ4v) is 6.66. The van der Waals surface area contributed by atoms with Gasteiger partial charge in [-0.1, -0.05) is 57.0 Å². The van der Waals surface area contributed by atoms with Crippen molar-refractivity contribution in [2.45, 2.75) is 25.4 Å². The Kier molecular flexibility index (Phi) is 4.48. The van der Waals surface area contributed by atoms with Crippen LogP contribution in [0.2, 0.25) is 0 Å². The normalized spacial score (nSPS) is 22.5. The van der Waals surface area contributed by atoms with Crippen molar-refractivity contribution in [1.82, 2.24) is 0 Å². The van der Waals surface area contributed by atoms with Gasteiger partial charge in [0.05, 0.1) is 4.58 Å². The maximum absolute atomic E-state index is 5.65. The lowest BCUT2D eigenvalue weighted by molar-refractivity contribution is 0.292. The highest BCUT2D eigenvalue weighted by atomic mass is 32.2. The Morgan fingerprint density at radius 2 is 1.64 bits per heavy atom. The van der Waals surface area contributed by atoms with E-state index in [0.29, 0.717) is 10.00 Å². The van der Waals surface area contributed by atoms with Gasteiger partial charge in [-0.05, 0) is 45.2 Å². The van der Waals surface area contributed by atoms with E-state index in [-0.39, 0.29) is 0 Å². The fourth-order valence-electron chi connectivity index (χ4n) is 2.84. The minimum atomic E-state index is 0.403. The van der Waals surface area contributed by atoms with Crippen molar-refractivity contribution >= 4 is 34.3 Å². The number of fused-ring (bicyclic) bond motifs is 1. The molecule has 1 aliphatic rings. The van der Waals surface area contributed by atoms with Crippen LogP contribution < -0.4 is 0 Å². The molecule has 2 aromatic rings. The van der Waals surface area contributed by atoms with Gasteiger partial charge in [-0.2, -0.15) is 0 Å². The number of benzene rings is 2. The summed E-state index contributed by atoms with van der Waals surface area (Å²) in [6.07, 6.45) is 5.65. The molecule has 0 nitrogen and oxygen atoms in total. The topological polar surface area (TPSA) is 0 Å². The summed E-state index contributed by atoms with van der Waals surface area (Å²) in [5.74, 6) is 6.09. The molecular weight excluding hydrogens is 304 g/mol. The van der Waals surface area contributed by atoms with Gasteiger partial charge in [-0.15, -0.1) is 29.9 Å². The summed E-state index contributed by atoms with van der Waals surface area (Å²) in [5.41, 5.74) is 2.83. The summed E-state index contributed by atoms with van der Waals surface area (Å²) in [4.78, 5) is 0. The molecule has 0 atom stereocenters. The molecule has 3 rings (SSSR count). The summed E-state index contributed by atoms with van der Waals surface area (Å²) in [5, 5.41) is 2.53. The highest BCUT2D eigenvalue weighted by Crippen LogP contribution is 2.50. The highest BCUT2D eigenvalue weighted by molar-refractivity contribution is 8.16. The van der Waals surface area contributed by atoms with E-state index in [9.17, 15) is 0 Å². The van der Waals surface area contributed by atoms with Gasteiger partial charge in [0.2, 0.25) is 0 Å². The van der Waals surface area contributed by atoms with E-state index in [0.717, 1.165) is 11.5 Å². The van der Waals surface area contributed by atoms with Crippen LogP contribution in [0.25, 0.3) is 10.8 Å². The molecule has 0 saturated carbocycles. The monoisotopic (exact) mass is 326 g/mol. The summed E-state index contributed by atoms with van der Waals surface area (Å²) >= 11 is 4.18. The van der Waals surface area contributed by atoms with Crippen molar-refractivity contribution < 1.29 is 0 Å². The third-order valence-electron chi connectivity index (χ3n) is 4.49. The second-order valence-electron chi connectivity index (χ2n) is 6.95. The third-order valence-corrected chi connectivity index (χ3v) is 7.61. The number of rotatable bonds is 1. The maximum Gasteiger partial charge on any atom is 0.0757 e. The van der Waals surface area contributed by atoms with E-state index in [1.165, 1.54) is 27.8 Å². The molecule has 0 amide bonds. The van der Waals surface area contributed by atoms with Crippen molar-refractivity contribution in [2.24, 2.45) is 11.3 Å². The molecule has 2 heteroatoms. The molecule has 0 spiro atoms. The Hall–Kier alpha value is -1.04. The smallest absolute Gasteiger partial charge is 0.0757 e. The minimum absolute atomic E-state index is 0.403. The Bertz CT molecular complexity index is 711. The van der Waals surface area contributed by atoms with Gasteiger partial charge in [0.1, 0.15) is 0 Å². The molecule has 0 aromatic heterocycles. The Labute approximate surface area is 142 Å². The number of hydrogen-bond donors (Lipinski definition) is 0. The van der Waals surface area contributed by atoms with Crippen LogP contribution in [0.1, 0.15) is 36.5 Å².